The van der Waals surface area contributed by atoms with Gasteiger partial charge in [-0.3, -0.25) is 9.59 Å². The average Bonchev–Trinajstić information content (AvgIpc) is 2.75. The van der Waals surface area contributed by atoms with Crippen molar-refractivity contribution in [3.63, 3.8) is 0 Å². The zero-order valence-electron chi connectivity index (χ0n) is 16.7. The van der Waals surface area contributed by atoms with Gasteiger partial charge in [-0.15, -0.1) is 0 Å². The van der Waals surface area contributed by atoms with Crippen molar-refractivity contribution in [2.75, 3.05) is 0 Å². The summed E-state index contributed by atoms with van der Waals surface area (Å²) in [6, 6.07) is 15.3. The number of carboxylic acids is 2. The van der Waals surface area contributed by atoms with Gasteiger partial charge in [0.05, 0.1) is 0 Å². The van der Waals surface area contributed by atoms with Gasteiger partial charge < -0.3 is 25.6 Å². The van der Waals surface area contributed by atoms with Crippen molar-refractivity contribution in [2.45, 2.75) is 38.0 Å². The number of alkyl carbamates (subject to hydrolysis) is 1. The van der Waals surface area contributed by atoms with Gasteiger partial charge in [0, 0.05) is 12.8 Å². The van der Waals surface area contributed by atoms with Gasteiger partial charge in [-0.1, -0.05) is 60.7 Å². The first-order chi connectivity index (χ1) is 14.8. The van der Waals surface area contributed by atoms with Crippen LogP contribution in [0.2, 0.25) is 0 Å². The van der Waals surface area contributed by atoms with Crippen LogP contribution in [-0.2, 0) is 32.1 Å². The predicted molar refractivity (Wildman–Crippen MR) is 110 cm³/mol. The molecule has 4 N–H and O–H groups in total. The standard InChI is InChI=1S/C22H24N2O7/c25-19(26)12-11-17(21(28)29)23-20(27)18(13-15-7-3-1-4-8-15)24-22(30)31-14-16-9-5-2-6-10-16/h1-10,17-18H,11-14H2,(H,23,27)(H,24,30)(H,25,26)(H,28,29)/t17-,18-/m1/s1. The summed E-state index contributed by atoms with van der Waals surface area (Å²) in [5.74, 6) is -3.29. The SMILES string of the molecule is O=C(O)CC[C@@H](NC(=O)[C@@H](Cc1ccccc1)NC(=O)OCc1ccccc1)C(=O)O. The molecule has 0 spiro atoms. The van der Waals surface area contributed by atoms with Crippen LogP contribution in [0.1, 0.15) is 24.0 Å². The highest BCUT2D eigenvalue weighted by Crippen LogP contribution is 2.07. The fourth-order valence-corrected chi connectivity index (χ4v) is 2.76. The van der Waals surface area contributed by atoms with E-state index < -0.39 is 42.4 Å². The number of nitrogens with one attached hydrogen (secondary N) is 2. The zero-order chi connectivity index (χ0) is 22.6. The van der Waals surface area contributed by atoms with Crippen LogP contribution < -0.4 is 10.6 Å². The molecular formula is C22H24N2O7. The molecule has 9 nitrogen and oxygen atoms in total. The Morgan fingerprint density at radius 1 is 0.806 bits per heavy atom. The van der Waals surface area contributed by atoms with E-state index in [1.165, 1.54) is 0 Å². The van der Waals surface area contributed by atoms with E-state index in [9.17, 15) is 24.3 Å². The minimum Gasteiger partial charge on any atom is -0.481 e. The Labute approximate surface area is 179 Å². The van der Waals surface area contributed by atoms with E-state index >= 15 is 0 Å². The van der Waals surface area contributed by atoms with E-state index in [0.29, 0.717) is 0 Å². The maximum absolute atomic E-state index is 12.7. The van der Waals surface area contributed by atoms with Crippen LogP contribution in [-0.4, -0.2) is 46.2 Å². The fraction of sp³-hybridized carbons (Fsp3) is 0.273. The number of hydrogen-bond acceptors (Lipinski definition) is 5. The van der Waals surface area contributed by atoms with E-state index in [2.05, 4.69) is 10.6 Å². The highest BCUT2D eigenvalue weighted by Gasteiger charge is 2.27. The van der Waals surface area contributed by atoms with Crippen LogP contribution >= 0.6 is 0 Å². The van der Waals surface area contributed by atoms with Crippen LogP contribution in [0, 0.1) is 0 Å². The maximum Gasteiger partial charge on any atom is 0.408 e. The van der Waals surface area contributed by atoms with Gasteiger partial charge in [0.25, 0.3) is 0 Å². The molecule has 0 aliphatic heterocycles. The molecule has 0 bridgehead atoms. The molecule has 2 atom stereocenters. The van der Waals surface area contributed by atoms with Crippen LogP contribution in [0.4, 0.5) is 4.79 Å². The minimum atomic E-state index is -1.40. The Bertz CT molecular complexity index is 887. The molecule has 2 aromatic rings. The lowest BCUT2D eigenvalue weighted by molar-refractivity contribution is -0.143. The molecule has 0 aromatic heterocycles. The molecule has 0 fully saturated rings. The third kappa shape index (κ3) is 8.57. The molecule has 0 aliphatic carbocycles. The first kappa shape index (κ1) is 23.4. The number of ether oxygens (including phenoxy) is 1. The Balaban J connectivity index is 2.05. The summed E-state index contributed by atoms with van der Waals surface area (Å²) in [7, 11) is 0. The van der Waals surface area contributed by atoms with Crippen molar-refractivity contribution in [1.82, 2.24) is 10.6 Å². The first-order valence-electron chi connectivity index (χ1n) is 9.61. The lowest BCUT2D eigenvalue weighted by atomic mass is 10.0. The number of carbonyl (C=O) groups is 4. The Kier molecular flexibility index (Phi) is 9.03. The maximum atomic E-state index is 12.7. The zero-order valence-corrected chi connectivity index (χ0v) is 16.7. The second kappa shape index (κ2) is 12.0. The number of aliphatic carboxylic acids is 2. The second-order valence-corrected chi connectivity index (χ2v) is 6.78. The smallest absolute Gasteiger partial charge is 0.408 e. The molecule has 0 radical (unpaired) electrons. The summed E-state index contributed by atoms with van der Waals surface area (Å²) in [4.78, 5) is 47.1. The van der Waals surface area contributed by atoms with E-state index in [1.54, 1.807) is 54.6 Å². The van der Waals surface area contributed by atoms with Gasteiger partial charge >= 0.3 is 18.0 Å². The molecule has 2 amide bonds. The Morgan fingerprint density at radius 3 is 1.94 bits per heavy atom. The summed E-state index contributed by atoms with van der Waals surface area (Å²) in [6.07, 6.45) is -1.45. The molecule has 31 heavy (non-hydrogen) atoms. The molecule has 0 unspecified atom stereocenters. The fourth-order valence-electron chi connectivity index (χ4n) is 2.76. The Morgan fingerprint density at radius 2 is 1.39 bits per heavy atom. The Hall–Kier alpha value is -3.88. The van der Waals surface area contributed by atoms with E-state index in [4.69, 9.17) is 9.84 Å². The van der Waals surface area contributed by atoms with Crippen molar-refractivity contribution in [1.29, 1.82) is 0 Å². The average molecular weight is 428 g/mol. The molecule has 0 aliphatic rings. The van der Waals surface area contributed by atoms with Crippen LogP contribution in [0.15, 0.2) is 60.7 Å². The van der Waals surface area contributed by atoms with E-state index in [1.807, 2.05) is 6.07 Å². The monoisotopic (exact) mass is 428 g/mol. The van der Waals surface area contributed by atoms with Crippen LogP contribution in [0.25, 0.3) is 0 Å². The predicted octanol–water partition coefficient (Wildman–Crippen LogP) is 1.96. The molecule has 0 saturated carbocycles. The van der Waals surface area contributed by atoms with Crippen molar-refractivity contribution in [3.05, 3.63) is 71.8 Å². The second-order valence-electron chi connectivity index (χ2n) is 6.78. The van der Waals surface area contributed by atoms with Gasteiger partial charge in [-0.2, -0.15) is 0 Å². The van der Waals surface area contributed by atoms with Gasteiger partial charge in [0.1, 0.15) is 18.7 Å². The lowest BCUT2D eigenvalue weighted by Crippen LogP contribution is -2.52. The molecular weight excluding hydrogens is 404 g/mol. The minimum absolute atomic E-state index is 0.00269. The number of carbonyl (C=O) groups excluding carboxylic acids is 2. The number of amides is 2. The molecule has 2 rings (SSSR count). The summed E-state index contributed by atoms with van der Waals surface area (Å²) in [5.41, 5.74) is 1.50. The van der Waals surface area contributed by atoms with Gasteiger partial charge in [0.2, 0.25) is 5.91 Å². The van der Waals surface area contributed by atoms with E-state index in [-0.39, 0.29) is 19.4 Å². The highest BCUT2D eigenvalue weighted by molar-refractivity contribution is 5.89. The third-order valence-electron chi connectivity index (χ3n) is 4.37. The van der Waals surface area contributed by atoms with Crippen molar-refractivity contribution in [3.8, 4) is 0 Å². The van der Waals surface area contributed by atoms with E-state index in [0.717, 1.165) is 11.1 Å². The quantitative estimate of drug-likeness (QED) is 0.428. The van der Waals surface area contributed by atoms with Gasteiger partial charge in [-0.05, 0) is 17.5 Å². The molecule has 164 valence electrons. The van der Waals surface area contributed by atoms with Crippen LogP contribution in [0.5, 0.6) is 0 Å². The number of hydrogen-bond donors (Lipinski definition) is 4. The van der Waals surface area contributed by atoms with Crippen molar-refractivity contribution in [2.24, 2.45) is 0 Å². The summed E-state index contributed by atoms with van der Waals surface area (Å²) in [5, 5.41) is 22.8. The first-order valence-corrected chi connectivity index (χ1v) is 9.61. The summed E-state index contributed by atoms with van der Waals surface area (Å²) < 4.78 is 5.15. The number of rotatable bonds is 11. The topological polar surface area (TPSA) is 142 Å². The summed E-state index contributed by atoms with van der Waals surface area (Å²) >= 11 is 0. The lowest BCUT2D eigenvalue weighted by Gasteiger charge is -2.21. The molecule has 0 heterocycles. The van der Waals surface area contributed by atoms with Crippen molar-refractivity contribution >= 4 is 23.9 Å². The number of carboxylic acid groups (broad SMARTS) is 2. The largest absolute Gasteiger partial charge is 0.481 e. The highest BCUT2D eigenvalue weighted by atomic mass is 16.5. The van der Waals surface area contributed by atoms with Gasteiger partial charge in [-0.25, -0.2) is 9.59 Å². The number of benzene rings is 2. The molecule has 2 aromatic carbocycles. The molecule has 0 saturated heterocycles. The van der Waals surface area contributed by atoms with Crippen LogP contribution in [0.3, 0.4) is 0 Å². The third-order valence-corrected chi connectivity index (χ3v) is 4.37. The normalized spacial score (nSPS) is 12.3. The summed E-state index contributed by atoms with van der Waals surface area (Å²) in [6.45, 7) is 0.00269. The molecule has 9 heteroatoms. The van der Waals surface area contributed by atoms with Gasteiger partial charge in [0.15, 0.2) is 0 Å². The van der Waals surface area contributed by atoms with Crippen molar-refractivity contribution < 1.29 is 34.1 Å².